The third kappa shape index (κ3) is 5.85. The topological polar surface area (TPSA) is 116 Å². The van der Waals surface area contributed by atoms with Crippen LogP contribution in [0.25, 0.3) is 0 Å². The van der Waals surface area contributed by atoms with Crippen LogP contribution >= 0.6 is 23.2 Å². The van der Waals surface area contributed by atoms with Gasteiger partial charge in [0.05, 0.1) is 5.75 Å². The number of carbonyl (C=O) groups is 3. The Morgan fingerprint density at radius 1 is 1.12 bits per heavy atom. The third-order valence-electron chi connectivity index (χ3n) is 5.79. The first-order chi connectivity index (χ1) is 14.9. The summed E-state index contributed by atoms with van der Waals surface area (Å²) in [5, 5.41) is 5.79. The van der Waals surface area contributed by atoms with Crippen molar-refractivity contribution in [3.63, 3.8) is 0 Å². The van der Waals surface area contributed by atoms with Crippen molar-refractivity contribution in [2.75, 3.05) is 43.1 Å². The first-order valence-corrected chi connectivity index (χ1v) is 13.0. The number of amides is 4. The molecular weight excluding hydrogens is 479 g/mol. The fraction of sp³-hybridized carbons (Fsp3) is 0.550. The minimum absolute atomic E-state index is 0.0169. The summed E-state index contributed by atoms with van der Waals surface area (Å²) in [4.78, 5) is 41.1. The predicted molar refractivity (Wildman–Crippen MR) is 123 cm³/mol. The highest BCUT2D eigenvalue weighted by Gasteiger charge is 2.48. The van der Waals surface area contributed by atoms with Crippen LogP contribution < -0.4 is 15.5 Å². The van der Waals surface area contributed by atoms with Crippen molar-refractivity contribution < 1.29 is 22.8 Å². The van der Waals surface area contributed by atoms with Gasteiger partial charge in [0.1, 0.15) is 15.4 Å². The molecule has 2 aliphatic rings. The van der Waals surface area contributed by atoms with Gasteiger partial charge in [0.15, 0.2) is 0 Å². The number of anilines is 1. The van der Waals surface area contributed by atoms with Crippen molar-refractivity contribution in [3.05, 3.63) is 28.2 Å². The molecule has 4 amide bonds. The van der Waals surface area contributed by atoms with Crippen LogP contribution in [-0.4, -0.2) is 74.9 Å². The van der Waals surface area contributed by atoms with Gasteiger partial charge in [-0.2, -0.15) is 0 Å². The van der Waals surface area contributed by atoms with Gasteiger partial charge < -0.3 is 15.1 Å². The molecule has 0 spiro atoms. The molecule has 12 heteroatoms. The third-order valence-corrected chi connectivity index (χ3v) is 7.18. The Bertz CT molecular complexity index is 1010. The molecule has 32 heavy (non-hydrogen) atoms. The molecule has 2 N–H and O–H groups in total. The molecule has 2 atom stereocenters. The Morgan fingerprint density at radius 2 is 1.72 bits per heavy atom. The number of halogens is 2. The lowest BCUT2D eigenvalue weighted by molar-refractivity contribution is -0.136. The molecule has 0 aromatic heterocycles. The van der Waals surface area contributed by atoms with E-state index in [2.05, 4.69) is 15.5 Å². The van der Waals surface area contributed by atoms with Crippen LogP contribution in [0, 0.1) is 5.92 Å². The van der Waals surface area contributed by atoms with Gasteiger partial charge in [-0.3, -0.25) is 14.9 Å². The van der Waals surface area contributed by atoms with Crippen molar-refractivity contribution >= 4 is 56.6 Å². The second-order valence-electron chi connectivity index (χ2n) is 8.42. The van der Waals surface area contributed by atoms with Crippen LogP contribution in [0.1, 0.15) is 19.8 Å². The molecular formula is C20H26Cl2N4O5S. The molecule has 1 aromatic carbocycles. The second kappa shape index (κ2) is 9.44. The van der Waals surface area contributed by atoms with Gasteiger partial charge in [-0.25, -0.2) is 13.2 Å². The van der Waals surface area contributed by atoms with E-state index in [4.69, 9.17) is 23.2 Å². The number of hydrogen-bond donors (Lipinski definition) is 2. The number of urea groups is 1. The van der Waals surface area contributed by atoms with Crippen LogP contribution in [-0.2, 0) is 19.4 Å². The maximum atomic E-state index is 13.1. The number of nitrogens with one attached hydrogen (secondary N) is 2. The lowest BCUT2D eigenvalue weighted by Gasteiger charge is -2.38. The minimum atomic E-state index is -3.36. The molecule has 1 aromatic rings. The smallest absolute Gasteiger partial charge is 0.322 e. The van der Waals surface area contributed by atoms with E-state index in [1.807, 2.05) is 12.1 Å². The summed E-state index contributed by atoms with van der Waals surface area (Å²) in [7, 11) is -3.36. The van der Waals surface area contributed by atoms with Crippen LogP contribution in [0.4, 0.5) is 10.5 Å². The number of carbonyl (C=O) groups excluding carboxylic acids is 3. The van der Waals surface area contributed by atoms with Crippen molar-refractivity contribution in [2.24, 2.45) is 5.92 Å². The molecule has 0 radical (unpaired) electrons. The zero-order valence-electron chi connectivity index (χ0n) is 17.9. The fourth-order valence-corrected chi connectivity index (χ4v) is 5.37. The largest absolute Gasteiger partial charge is 0.368 e. The summed E-state index contributed by atoms with van der Waals surface area (Å²) in [6.07, 6.45) is 0.990. The van der Waals surface area contributed by atoms with Crippen LogP contribution in [0.15, 0.2) is 18.2 Å². The van der Waals surface area contributed by atoms with Crippen LogP contribution in [0.5, 0.6) is 0 Å². The van der Waals surface area contributed by atoms with E-state index in [9.17, 15) is 22.8 Å². The molecule has 176 valence electrons. The molecule has 9 nitrogen and oxygen atoms in total. The molecule has 2 fully saturated rings. The highest BCUT2D eigenvalue weighted by atomic mass is 35.5. The lowest BCUT2D eigenvalue weighted by atomic mass is 9.85. The number of benzene rings is 1. The van der Waals surface area contributed by atoms with Gasteiger partial charge in [0.2, 0.25) is 5.91 Å². The lowest BCUT2D eigenvalue weighted by Crippen LogP contribution is -2.53. The summed E-state index contributed by atoms with van der Waals surface area (Å²) in [5.41, 5.74) is -0.540. The van der Waals surface area contributed by atoms with Crippen LogP contribution in [0.2, 0.25) is 10.0 Å². The zero-order chi connectivity index (χ0) is 23.7. The van der Waals surface area contributed by atoms with E-state index in [-0.39, 0.29) is 24.5 Å². The Kier molecular flexibility index (Phi) is 7.26. The number of piperazine rings is 1. The van der Waals surface area contributed by atoms with Gasteiger partial charge in [-0.1, -0.05) is 30.1 Å². The second-order valence-corrected chi connectivity index (χ2v) is 11.5. The Balaban J connectivity index is 1.64. The van der Waals surface area contributed by atoms with Gasteiger partial charge in [-0.15, -0.1) is 0 Å². The van der Waals surface area contributed by atoms with E-state index >= 15 is 0 Å². The molecule has 0 unspecified atom stereocenters. The highest BCUT2D eigenvalue weighted by Crippen LogP contribution is 2.29. The maximum Gasteiger partial charge on any atom is 0.322 e. The highest BCUT2D eigenvalue weighted by molar-refractivity contribution is 7.90. The fourth-order valence-electron chi connectivity index (χ4n) is 4.14. The molecule has 0 saturated carbocycles. The standard InChI is InChI=1S/C20H26Cl2N4O5S/c1-13(12-20(3-8-32(2,30)31)18(28)23-19(29)24-20)17(27)26-6-4-25(5-7-26)16-10-14(21)9-15(22)11-16/h9-11,13H,3-8,12H2,1-2H3,(H2,23,24,28,29)/t13-,20+/m1/s1. The van der Waals surface area contributed by atoms with E-state index < -0.39 is 33.2 Å². The number of rotatable bonds is 7. The summed E-state index contributed by atoms with van der Waals surface area (Å²) in [6, 6.07) is 4.61. The normalized spacial score (nSPS) is 22.5. The molecule has 2 saturated heterocycles. The molecule has 0 bridgehead atoms. The minimum Gasteiger partial charge on any atom is -0.368 e. The molecule has 3 rings (SSSR count). The average molecular weight is 505 g/mol. The van der Waals surface area contributed by atoms with E-state index in [1.54, 1.807) is 17.9 Å². The van der Waals surface area contributed by atoms with Crippen molar-refractivity contribution in [1.82, 2.24) is 15.5 Å². The Morgan fingerprint density at radius 3 is 2.22 bits per heavy atom. The zero-order valence-corrected chi connectivity index (χ0v) is 20.2. The van der Waals surface area contributed by atoms with Gasteiger partial charge in [-0.05, 0) is 31.0 Å². The van der Waals surface area contributed by atoms with Gasteiger partial charge >= 0.3 is 6.03 Å². The van der Waals surface area contributed by atoms with E-state index in [0.29, 0.717) is 36.2 Å². The maximum absolute atomic E-state index is 13.1. The number of sulfone groups is 1. The first-order valence-electron chi connectivity index (χ1n) is 10.2. The Hall–Kier alpha value is -2.04. The monoisotopic (exact) mass is 504 g/mol. The quantitative estimate of drug-likeness (QED) is 0.545. The van der Waals surface area contributed by atoms with Crippen LogP contribution in [0.3, 0.4) is 0 Å². The molecule has 0 aliphatic carbocycles. The summed E-state index contributed by atoms with van der Waals surface area (Å²) in [6.45, 7) is 3.81. The number of hydrogen-bond acceptors (Lipinski definition) is 6. The van der Waals surface area contributed by atoms with Crippen molar-refractivity contribution in [1.29, 1.82) is 0 Å². The SMILES string of the molecule is C[C@H](C[C@]1(CCS(C)(=O)=O)NC(=O)NC1=O)C(=O)N1CCN(c2cc(Cl)cc(Cl)c2)CC1. The van der Waals surface area contributed by atoms with Crippen molar-refractivity contribution in [2.45, 2.75) is 25.3 Å². The summed E-state index contributed by atoms with van der Waals surface area (Å²) in [5.74, 6) is -1.62. The molecule has 2 aliphatic heterocycles. The number of nitrogens with zero attached hydrogens (tertiary/aromatic N) is 2. The summed E-state index contributed by atoms with van der Waals surface area (Å²) >= 11 is 12.2. The number of imide groups is 1. The van der Waals surface area contributed by atoms with Gasteiger partial charge in [0, 0.05) is 54.1 Å². The predicted octanol–water partition coefficient (Wildman–Crippen LogP) is 1.68. The van der Waals surface area contributed by atoms with E-state index in [1.165, 1.54) is 0 Å². The first kappa shape index (κ1) is 24.6. The van der Waals surface area contributed by atoms with Gasteiger partial charge in [0.25, 0.3) is 5.91 Å². The molecule has 2 heterocycles. The van der Waals surface area contributed by atoms with E-state index in [0.717, 1.165) is 11.9 Å². The Labute approximate surface area is 197 Å². The summed E-state index contributed by atoms with van der Waals surface area (Å²) < 4.78 is 23.3. The van der Waals surface area contributed by atoms with Crippen molar-refractivity contribution in [3.8, 4) is 0 Å². The average Bonchev–Trinajstić information content (AvgIpc) is 2.98.